The summed E-state index contributed by atoms with van der Waals surface area (Å²) in [6, 6.07) is 17.9. The van der Waals surface area contributed by atoms with Crippen LogP contribution in [-0.4, -0.2) is 36.7 Å². The molecule has 0 aliphatic carbocycles. The van der Waals surface area contributed by atoms with Crippen LogP contribution < -0.4 is 14.8 Å². The monoisotopic (exact) mass is 324 g/mol. The SMILES string of the molecule is C[C@H]1C[C@@H](Nc2ccc3c(c2)OCCO3)CN1Cc1ccccc1. The quantitative estimate of drug-likeness (QED) is 0.933. The van der Waals surface area contributed by atoms with E-state index in [1.54, 1.807) is 0 Å². The highest BCUT2D eigenvalue weighted by molar-refractivity contribution is 5.55. The van der Waals surface area contributed by atoms with E-state index < -0.39 is 0 Å². The Morgan fingerprint density at radius 1 is 1.04 bits per heavy atom. The van der Waals surface area contributed by atoms with Gasteiger partial charge in [0.1, 0.15) is 13.2 Å². The van der Waals surface area contributed by atoms with Crippen molar-refractivity contribution in [3.63, 3.8) is 0 Å². The first kappa shape index (κ1) is 15.3. The molecule has 0 bridgehead atoms. The fourth-order valence-electron chi connectivity index (χ4n) is 3.61. The van der Waals surface area contributed by atoms with Crippen molar-refractivity contribution >= 4 is 5.69 Å². The molecule has 2 aromatic rings. The normalized spacial score (nSPS) is 23.2. The Balaban J connectivity index is 1.39. The summed E-state index contributed by atoms with van der Waals surface area (Å²) in [6.07, 6.45) is 1.15. The number of nitrogens with zero attached hydrogens (tertiary/aromatic N) is 1. The Kier molecular flexibility index (Phi) is 4.30. The van der Waals surface area contributed by atoms with Crippen molar-refractivity contribution in [3.05, 3.63) is 54.1 Å². The molecule has 126 valence electrons. The molecular formula is C20H24N2O2. The molecular weight excluding hydrogens is 300 g/mol. The van der Waals surface area contributed by atoms with Crippen molar-refractivity contribution < 1.29 is 9.47 Å². The summed E-state index contributed by atoms with van der Waals surface area (Å²) in [5, 5.41) is 3.66. The average Bonchev–Trinajstić information content (AvgIpc) is 2.95. The van der Waals surface area contributed by atoms with Gasteiger partial charge in [-0.1, -0.05) is 30.3 Å². The van der Waals surface area contributed by atoms with Crippen LogP contribution in [0.5, 0.6) is 11.5 Å². The van der Waals surface area contributed by atoms with Crippen LogP contribution in [0.1, 0.15) is 18.9 Å². The average molecular weight is 324 g/mol. The molecule has 1 fully saturated rings. The molecule has 2 atom stereocenters. The van der Waals surface area contributed by atoms with Crippen LogP contribution in [0.25, 0.3) is 0 Å². The third-order valence-electron chi connectivity index (χ3n) is 4.85. The van der Waals surface area contributed by atoms with E-state index in [0.29, 0.717) is 25.3 Å². The molecule has 0 saturated carbocycles. The van der Waals surface area contributed by atoms with Gasteiger partial charge < -0.3 is 14.8 Å². The summed E-state index contributed by atoms with van der Waals surface area (Å²) in [5.41, 5.74) is 2.49. The maximum Gasteiger partial charge on any atom is 0.163 e. The smallest absolute Gasteiger partial charge is 0.163 e. The second-order valence-electron chi connectivity index (χ2n) is 6.70. The molecule has 4 nitrogen and oxygen atoms in total. The maximum atomic E-state index is 5.67. The Hall–Kier alpha value is -2.20. The highest BCUT2D eigenvalue weighted by Gasteiger charge is 2.29. The van der Waals surface area contributed by atoms with E-state index in [2.05, 4.69) is 59.6 Å². The topological polar surface area (TPSA) is 33.7 Å². The van der Waals surface area contributed by atoms with Crippen molar-refractivity contribution in [2.75, 3.05) is 25.1 Å². The first-order valence-electron chi connectivity index (χ1n) is 8.72. The summed E-state index contributed by atoms with van der Waals surface area (Å²) < 4.78 is 11.3. The molecule has 2 heterocycles. The molecule has 2 aromatic carbocycles. The van der Waals surface area contributed by atoms with Crippen LogP contribution in [-0.2, 0) is 6.54 Å². The molecule has 0 spiro atoms. The fourth-order valence-corrected chi connectivity index (χ4v) is 3.61. The van der Waals surface area contributed by atoms with Crippen molar-refractivity contribution in [1.82, 2.24) is 4.90 Å². The van der Waals surface area contributed by atoms with Gasteiger partial charge in [0.25, 0.3) is 0 Å². The number of hydrogen-bond donors (Lipinski definition) is 1. The molecule has 0 radical (unpaired) electrons. The second kappa shape index (κ2) is 6.73. The first-order valence-corrected chi connectivity index (χ1v) is 8.72. The van der Waals surface area contributed by atoms with Crippen LogP contribution >= 0.6 is 0 Å². The highest BCUT2D eigenvalue weighted by Crippen LogP contribution is 2.33. The molecule has 1 N–H and O–H groups in total. The van der Waals surface area contributed by atoms with Crippen LogP contribution in [0.3, 0.4) is 0 Å². The van der Waals surface area contributed by atoms with E-state index in [-0.39, 0.29) is 0 Å². The summed E-state index contributed by atoms with van der Waals surface area (Å²) in [6.45, 7) is 5.65. The molecule has 2 aliphatic rings. The highest BCUT2D eigenvalue weighted by atomic mass is 16.6. The summed E-state index contributed by atoms with van der Waals surface area (Å²) in [5.74, 6) is 1.69. The van der Waals surface area contributed by atoms with E-state index >= 15 is 0 Å². The van der Waals surface area contributed by atoms with Gasteiger partial charge in [-0.25, -0.2) is 0 Å². The van der Waals surface area contributed by atoms with Crippen LogP contribution in [0.2, 0.25) is 0 Å². The van der Waals surface area contributed by atoms with E-state index in [1.165, 1.54) is 5.56 Å². The van der Waals surface area contributed by atoms with Crippen molar-refractivity contribution in [3.8, 4) is 11.5 Å². The molecule has 0 aromatic heterocycles. The number of anilines is 1. The summed E-state index contributed by atoms with van der Waals surface area (Å²) >= 11 is 0. The number of rotatable bonds is 4. The minimum atomic E-state index is 0.464. The molecule has 2 aliphatic heterocycles. The Bertz CT molecular complexity index is 689. The Morgan fingerprint density at radius 2 is 1.83 bits per heavy atom. The van der Waals surface area contributed by atoms with Gasteiger partial charge in [-0.3, -0.25) is 4.90 Å². The minimum absolute atomic E-state index is 0.464. The second-order valence-corrected chi connectivity index (χ2v) is 6.70. The fraction of sp³-hybridized carbons (Fsp3) is 0.400. The number of hydrogen-bond acceptors (Lipinski definition) is 4. The zero-order valence-electron chi connectivity index (χ0n) is 14.1. The lowest BCUT2D eigenvalue weighted by atomic mass is 10.1. The number of nitrogens with one attached hydrogen (secondary N) is 1. The third kappa shape index (κ3) is 3.34. The van der Waals surface area contributed by atoms with E-state index in [1.807, 2.05) is 6.07 Å². The molecule has 24 heavy (non-hydrogen) atoms. The van der Waals surface area contributed by atoms with Gasteiger partial charge in [0, 0.05) is 36.9 Å². The minimum Gasteiger partial charge on any atom is -0.486 e. The van der Waals surface area contributed by atoms with Crippen LogP contribution in [0, 0.1) is 0 Å². The number of ether oxygens (including phenoxy) is 2. The molecule has 1 saturated heterocycles. The van der Waals surface area contributed by atoms with Gasteiger partial charge in [-0.05, 0) is 31.0 Å². The predicted molar refractivity (Wildman–Crippen MR) is 95.8 cm³/mol. The zero-order valence-corrected chi connectivity index (χ0v) is 14.1. The summed E-state index contributed by atoms with van der Waals surface area (Å²) in [7, 11) is 0. The first-order chi connectivity index (χ1) is 11.8. The third-order valence-corrected chi connectivity index (χ3v) is 4.85. The number of fused-ring (bicyclic) bond motifs is 1. The zero-order chi connectivity index (χ0) is 16.4. The van der Waals surface area contributed by atoms with E-state index in [0.717, 1.165) is 36.7 Å². The van der Waals surface area contributed by atoms with Crippen molar-refractivity contribution in [1.29, 1.82) is 0 Å². The largest absolute Gasteiger partial charge is 0.486 e. The molecule has 0 unspecified atom stereocenters. The Labute approximate surface area is 143 Å². The van der Waals surface area contributed by atoms with Gasteiger partial charge in [0.2, 0.25) is 0 Å². The maximum absolute atomic E-state index is 5.67. The lowest BCUT2D eigenvalue weighted by Crippen LogP contribution is -2.28. The van der Waals surface area contributed by atoms with Gasteiger partial charge in [0.15, 0.2) is 11.5 Å². The van der Waals surface area contributed by atoms with Gasteiger partial charge in [-0.15, -0.1) is 0 Å². The number of likely N-dealkylation sites (tertiary alicyclic amines) is 1. The van der Waals surface area contributed by atoms with Gasteiger partial charge in [0.05, 0.1) is 0 Å². The molecule has 4 rings (SSSR count). The van der Waals surface area contributed by atoms with Crippen LogP contribution in [0.4, 0.5) is 5.69 Å². The lowest BCUT2D eigenvalue weighted by molar-refractivity contribution is 0.171. The van der Waals surface area contributed by atoms with E-state index in [9.17, 15) is 0 Å². The molecule has 0 amide bonds. The molecule has 4 heteroatoms. The standard InChI is InChI=1S/C20H24N2O2/c1-15-11-18(14-22(15)13-16-5-3-2-4-6-16)21-17-7-8-19-20(12-17)24-10-9-23-19/h2-8,12,15,18,21H,9-11,13-14H2,1H3/t15-,18+/m0/s1. The van der Waals surface area contributed by atoms with Gasteiger partial charge in [-0.2, -0.15) is 0 Å². The van der Waals surface area contributed by atoms with E-state index in [4.69, 9.17) is 9.47 Å². The predicted octanol–water partition coefficient (Wildman–Crippen LogP) is 3.53. The van der Waals surface area contributed by atoms with Crippen molar-refractivity contribution in [2.45, 2.75) is 32.0 Å². The summed E-state index contributed by atoms with van der Waals surface area (Å²) in [4.78, 5) is 2.55. The lowest BCUT2D eigenvalue weighted by Gasteiger charge is -2.21. The van der Waals surface area contributed by atoms with Gasteiger partial charge >= 0.3 is 0 Å². The Morgan fingerprint density at radius 3 is 2.67 bits per heavy atom. The number of benzene rings is 2. The van der Waals surface area contributed by atoms with Crippen molar-refractivity contribution in [2.24, 2.45) is 0 Å². The van der Waals surface area contributed by atoms with Crippen LogP contribution in [0.15, 0.2) is 48.5 Å².